The molecular weight excluding hydrogens is 297 g/mol. The van der Waals surface area contributed by atoms with Gasteiger partial charge in [0.05, 0.1) is 11.0 Å². The van der Waals surface area contributed by atoms with Crippen LogP contribution in [0.4, 0.5) is 10.1 Å². The zero-order valence-electron chi connectivity index (χ0n) is 12.6. The Morgan fingerprint density at radius 1 is 1.09 bits per heavy atom. The topological polar surface area (TPSA) is 56.0 Å². The monoisotopic (exact) mass is 313 g/mol. The van der Waals surface area contributed by atoms with Crippen molar-refractivity contribution in [1.82, 2.24) is 9.13 Å². The Bertz CT molecular complexity index is 927. The van der Waals surface area contributed by atoms with Crippen molar-refractivity contribution in [2.75, 3.05) is 5.32 Å². The number of nitrogens with one attached hydrogen (secondary N) is 1. The molecule has 23 heavy (non-hydrogen) atoms. The number of rotatable bonds is 4. The van der Waals surface area contributed by atoms with Crippen LogP contribution in [-0.2, 0) is 17.9 Å². The van der Waals surface area contributed by atoms with Gasteiger partial charge >= 0.3 is 5.69 Å². The average molecular weight is 313 g/mol. The zero-order valence-corrected chi connectivity index (χ0v) is 12.6. The van der Waals surface area contributed by atoms with E-state index in [0.29, 0.717) is 17.7 Å². The highest BCUT2D eigenvalue weighted by atomic mass is 19.1. The van der Waals surface area contributed by atoms with Crippen molar-refractivity contribution in [1.29, 1.82) is 0 Å². The van der Waals surface area contributed by atoms with Gasteiger partial charge in [-0.25, -0.2) is 9.18 Å². The molecule has 5 nitrogen and oxygen atoms in total. The summed E-state index contributed by atoms with van der Waals surface area (Å²) >= 11 is 0. The molecule has 1 N–H and O–H groups in total. The molecule has 3 aromatic rings. The minimum absolute atomic E-state index is 0.122. The van der Waals surface area contributed by atoms with Crippen LogP contribution in [0.1, 0.15) is 6.92 Å². The standard InChI is InChI=1S/C17H16FN3O2/c1-2-20-14-8-3-4-9-15(14)21(17(20)23)11-16(22)19-13-7-5-6-12(18)10-13/h3-10H,2,11H2,1H3,(H,19,22). The average Bonchev–Trinajstić information content (AvgIpc) is 2.79. The molecule has 6 heteroatoms. The number of hydrogen-bond acceptors (Lipinski definition) is 2. The number of para-hydroxylation sites is 2. The highest BCUT2D eigenvalue weighted by Crippen LogP contribution is 2.13. The minimum Gasteiger partial charge on any atom is -0.324 e. The number of aryl methyl sites for hydroxylation is 1. The largest absolute Gasteiger partial charge is 0.329 e. The van der Waals surface area contributed by atoms with Crippen molar-refractivity contribution in [3.05, 3.63) is 64.8 Å². The normalized spacial score (nSPS) is 10.9. The van der Waals surface area contributed by atoms with Crippen LogP contribution < -0.4 is 11.0 Å². The molecule has 1 aromatic heterocycles. The predicted molar refractivity (Wildman–Crippen MR) is 86.9 cm³/mol. The van der Waals surface area contributed by atoms with Crippen LogP contribution >= 0.6 is 0 Å². The highest BCUT2D eigenvalue weighted by molar-refractivity contribution is 5.91. The quantitative estimate of drug-likeness (QED) is 0.805. The van der Waals surface area contributed by atoms with E-state index < -0.39 is 5.82 Å². The van der Waals surface area contributed by atoms with Gasteiger partial charge in [0.25, 0.3) is 0 Å². The van der Waals surface area contributed by atoms with E-state index in [9.17, 15) is 14.0 Å². The van der Waals surface area contributed by atoms with Crippen LogP contribution in [-0.4, -0.2) is 15.0 Å². The number of nitrogens with zero attached hydrogens (tertiary/aromatic N) is 2. The molecule has 0 unspecified atom stereocenters. The third-order valence-corrected chi connectivity index (χ3v) is 3.65. The summed E-state index contributed by atoms with van der Waals surface area (Å²) < 4.78 is 16.2. The molecule has 0 bridgehead atoms. The van der Waals surface area contributed by atoms with Gasteiger partial charge in [-0.2, -0.15) is 0 Å². The molecule has 0 aliphatic rings. The van der Waals surface area contributed by atoms with E-state index in [1.54, 1.807) is 16.7 Å². The molecular formula is C17H16FN3O2. The Morgan fingerprint density at radius 2 is 1.78 bits per heavy atom. The second-order valence-corrected chi connectivity index (χ2v) is 5.16. The Labute approximate surface area is 132 Å². The number of carbonyl (C=O) groups is 1. The van der Waals surface area contributed by atoms with Gasteiger partial charge in [-0.05, 0) is 37.3 Å². The van der Waals surface area contributed by atoms with Gasteiger partial charge in [-0.15, -0.1) is 0 Å². The van der Waals surface area contributed by atoms with E-state index in [4.69, 9.17) is 0 Å². The zero-order chi connectivity index (χ0) is 16.4. The van der Waals surface area contributed by atoms with Gasteiger partial charge in [0.15, 0.2) is 0 Å². The Kier molecular flexibility index (Phi) is 3.97. The van der Waals surface area contributed by atoms with Crippen LogP contribution in [0, 0.1) is 5.82 Å². The number of hydrogen-bond donors (Lipinski definition) is 1. The maximum absolute atomic E-state index is 13.2. The first-order valence-corrected chi connectivity index (χ1v) is 7.33. The number of halogens is 1. The molecule has 0 saturated heterocycles. The van der Waals surface area contributed by atoms with E-state index in [-0.39, 0.29) is 18.1 Å². The lowest BCUT2D eigenvalue weighted by Gasteiger charge is -2.06. The van der Waals surface area contributed by atoms with Crippen molar-refractivity contribution in [2.24, 2.45) is 0 Å². The van der Waals surface area contributed by atoms with Crippen molar-refractivity contribution in [3.8, 4) is 0 Å². The number of amides is 1. The minimum atomic E-state index is -0.428. The molecule has 0 spiro atoms. The Morgan fingerprint density at radius 3 is 2.43 bits per heavy atom. The van der Waals surface area contributed by atoms with Gasteiger partial charge in [0, 0.05) is 12.2 Å². The van der Waals surface area contributed by atoms with E-state index in [2.05, 4.69) is 5.32 Å². The molecule has 0 aliphatic heterocycles. The lowest BCUT2D eigenvalue weighted by atomic mass is 10.3. The second kappa shape index (κ2) is 6.08. The first-order chi connectivity index (χ1) is 11.1. The SMILES string of the molecule is CCn1c(=O)n(CC(=O)Nc2cccc(F)c2)c2ccccc21. The van der Waals surface area contributed by atoms with Crippen molar-refractivity contribution in [2.45, 2.75) is 20.0 Å². The van der Waals surface area contributed by atoms with Crippen LogP contribution in [0.15, 0.2) is 53.3 Å². The first-order valence-electron chi connectivity index (χ1n) is 7.33. The fourth-order valence-corrected chi connectivity index (χ4v) is 2.64. The van der Waals surface area contributed by atoms with Gasteiger partial charge in [0.2, 0.25) is 5.91 Å². The van der Waals surface area contributed by atoms with Gasteiger partial charge in [-0.3, -0.25) is 13.9 Å². The summed E-state index contributed by atoms with van der Waals surface area (Å²) in [6.45, 7) is 2.28. The van der Waals surface area contributed by atoms with Crippen LogP contribution in [0.3, 0.4) is 0 Å². The lowest BCUT2D eigenvalue weighted by Crippen LogP contribution is -2.29. The van der Waals surface area contributed by atoms with E-state index in [0.717, 1.165) is 5.52 Å². The summed E-state index contributed by atoms with van der Waals surface area (Å²) in [5, 5.41) is 2.60. The second-order valence-electron chi connectivity index (χ2n) is 5.16. The number of carbonyl (C=O) groups excluding carboxylic acids is 1. The summed E-state index contributed by atoms with van der Waals surface area (Å²) in [7, 11) is 0. The van der Waals surface area contributed by atoms with E-state index in [1.165, 1.54) is 22.8 Å². The molecule has 0 radical (unpaired) electrons. The Hall–Kier alpha value is -2.89. The fourth-order valence-electron chi connectivity index (χ4n) is 2.64. The number of imidazole rings is 1. The van der Waals surface area contributed by atoms with E-state index in [1.807, 2.05) is 25.1 Å². The smallest absolute Gasteiger partial charge is 0.324 e. The first kappa shape index (κ1) is 15.0. The summed E-state index contributed by atoms with van der Waals surface area (Å²) in [6.07, 6.45) is 0. The number of aromatic nitrogens is 2. The third-order valence-electron chi connectivity index (χ3n) is 3.65. The van der Waals surface area contributed by atoms with E-state index >= 15 is 0 Å². The van der Waals surface area contributed by atoms with Crippen LogP contribution in [0.2, 0.25) is 0 Å². The van der Waals surface area contributed by atoms with Gasteiger partial charge in [-0.1, -0.05) is 18.2 Å². The molecule has 0 fully saturated rings. The maximum Gasteiger partial charge on any atom is 0.329 e. The summed E-state index contributed by atoms with van der Waals surface area (Å²) in [6, 6.07) is 13.0. The summed E-state index contributed by atoms with van der Waals surface area (Å²) in [4.78, 5) is 24.6. The number of anilines is 1. The lowest BCUT2D eigenvalue weighted by molar-refractivity contribution is -0.116. The Balaban J connectivity index is 1.91. The van der Waals surface area contributed by atoms with Crippen LogP contribution in [0.5, 0.6) is 0 Å². The fraction of sp³-hybridized carbons (Fsp3) is 0.176. The summed E-state index contributed by atoms with van der Waals surface area (Å²) in [5.41, 5.74) is 1.62. The maximum atomic E-state index is 13.2. The van der Waals surface area contributed by atoms with Crippen LogP contribution in [0.25, 0.3) is 11.0 Å². The van der Waals surface area contributed by atoms with Crippen molar-refractivity contribution < 1.29 is 9.18 Å². The molecule has 1 heterocycles. The molecule has 0 saturated carbocycles. The van der Waals surface area contributed by atoms with Gasteiger partial charge in [0.1, 0.15) is 12.4 Å². The van der Waals surface area contributed by atoms with Gasteiger partial charge < -0.3 is 5.32 Å². The molecule has 1 amide bonds. The third kappa shape index (κ3) is 2.88. The van der Waals surface area contributed by atoms with Crippen molar-refractivity contribution >= 4 is 22.6 Å². The highest BCUT2D eigenvalue weighted by Gasteiger charge is 2.14. The molecule has 3 rings (SSSR count). The van der Waals surface area contributed by atoms with Crippen molar-refractivity contribution in [3.63, 3.8) is 0 Å². The summed E-state index contributed by atoms with van der Waals surface area (Å²) in [5.74, 6) is -0.806. The molecule has 0 atom stereocenters. The number of benzene rings is 2. The predicted octanol–water partition coefficient (Wildman–Crippen LogP) is 2.60. The molecule has 0 aliphatic carbocycles. The number of fused-ring (bicyclic) bond motifs is 1. The molecule has 2 aromatic carbocycles. The molecule has 118 valence electrons.